The minimum Gasteiger partial charge on any atom is -0.469 e. The monoisotopic (exact) mass is 380 g/mol. The second-order valence-electron chi connectivity index (χ2n) is 2.48. The van der Waals surface area contributed by atoms with Crippen molar-refractivity contribution in [2.75, 3.05) is 53.6 Å². The highest BCUT2D eigenvalue weighted by molar-refractivity contribution is 9.08. The summed E-state index contributed by atoms with van der Waals surface area (Å²) in [5.41, 5.74) is 0. The summed E-state index contributed by atoms with van der Waals surface area (Å²) in [5, 5.41) is 15.1. The van der Waals surface area contributed by atoms with Gasteiger partial charge in [-0.3, -0.25) is 4.79 Å². The standard InChI is InChI=1S/C3H6O2.2C3H8O.2C2H6O.CH3Br/c1-3(4)5-2;2*1-3-4-2;2*1-2-3;1-2/h1-2H3;2*3H2,1-2H3;2*3H,2H2,1H3;1H3. The molecule has 0 atom stereocenters. The normalized spacial score (nSPS) is 6.48. The maximum Gasteiger partial charge on any atom is 0.302 e. The van der Waals surface area contributed by atoms with Gasteiger partial charge < -0.3 is 24.4 Å². The Balaban J connectivity index is -0.0000000329. The minimum atomic E-state index is -0.245. The van der Waals surface area contributed by atoms with Gasteiger partial charge in [-0.1, -0.05) is 15.9 Å². The summed E-state index contributed by atoms with van der Waals surface area (Å²) in [5.74, 6) is 1.57. The highest BCUT2D eigenvalue weighted by Gasteiger charge is 1.75. The summed E-state index contributed by atoms with van der Waals surface area (Å²) in [6.45, 7) is 10.8. The first kappa shape index (κ1) is 37.2. The van der Waals surface area contributed by atoms with Crippen molar-refractivity contribution < 1.29 is 29.2 Å². The van der Waals surface area contributed by atoms with Gasteiger partial charge >= 0.3 is 5.97 Å². The molecule has 0 fully saturated rings. The van der Waals surface area contributed by atoms with Crippen molar-refractivity contribution in [3.8, 4) is 0 Å². The van der Waals surface area contributed by atoms with Crippen LogP contribution in [0.4, 0.5) is 0 Å². The molecule has 0 aromatic heterocycles. The first-order chi connectivity index (χ1) is 9.93. The van der Waals surface area contributed by atoms with Crippen LogP contribution in [0.2, 0.25) is 0 Å². The molecule has 0 radical (unpaired) electrons. The molecular weight excluding hydrogens is 344 g/mol. The third-order valence-electron chi connectivity index (χ3n) is 0.865. The molecular formula is C14H37BrO6. The Morgan fingerprint density at radius 1 is 0.857 bits per heavy atom. The van der Waals surface area contributed by atoms with Crippen LogP contribution in [-0.2, 0) is 19.0 Å². The molecule has 0 saturated heterocycles. The van der Waals surface area contributed by atoms with Crippen molar-refractivity contribution in [1.29, 1.82) is 0 Å². The lowest BCUT2D eigenvalue weighted by Gasteiger charge is -1.80. The first-order valence-electron chi connectivity index (χ1n) is 6.55. The predicted molar refractivity (Wildman–Crippen MR) is 93.2 cm³/mol. The van der Waals surface area contributed by atoms with E-state index >= 15 is 0 Å². The molecule has 0 saturated carbocycles. The molecule has 7 heteroatoms. The lowest BCUT2D eigenvalue weighted by molar-refractivity contribution is -0.137. The fraction of sp³-hybridized carbons (Fsp3) is 0.929. The highest BCUT2D eigenvalue weighted by Crippen LogP contribution is 1.60. The van der Waals surface area contributed by atoms with E-state index in [4.69, 9.17) is 10.2 Å². The number of halogens is 1. The molecule has 21 heavy (non-hydrogen) atoms. The quantitative estimate of drug-likeness (QED) is 0.565. The highest BCUT2D eigenvalue weighted by atomic mass is 79.9. The lowest BCUT2D eigenvalue weighted by atomic mass is 10.8. The molecule has 0 heterocycles. The zero-order valence-corrected chi connectivity index (χ0v) is 16.8. The Bertz CT molecular complexity index is 106. The van der Waals surface area contributed by atoms with E-state index in [1.165, 1.54) is 14.0 Å². The number of aliphatic hydroxyl groups is 2. The van der Waals surface area contributed by atoms with Crippen molar-refractivity contribution in [3.05, 3.63) is 0 Å². The average Bonchev–Trinajstić information content (AvgIpc) is 2.51. The largest absolute Gasteiger partial charge is 0.469 e. The summed E-state index contributed by atoms with van der Waals surface area (Å²) < 4.78 is 13.2. The fourth-order valence-corrected chi connectivity index (χ4v) is 0. The molecule has 0 aromatic carbocycles. The van der Waals surface area contributed by atoms with Gasteiger partial charge in [0.05, 0.1) is 7.11 Å². The van der Waals surface area contributed by atoms with Crippen LogP contribution in [0, 0.1) is 0 Å². The Morgan fingerprint density at radius 3 is 0.952 bits per heavy atom. The van der Waals surface area contributed by atoms with E-state index in [1.807, 2.05) is 19.7 Å². The summed E-state index contributed by atoms with van der Waals surface area (Å²) in [7, 11) is 4.71. The first-order valence-corrected chi connectivity index (χ1v) is 8.14. The second kappa shape index (κ2) is 72.9. The van der Waals surface area contributed by atoms with E-state index in [0.29, 0.717) is 0 Å². The van der Waals surface area contributed by atoms with E-state index in [9.17, 15) is 4.79 Å². The van der Waals surface area contributed by atoms with Crippen LogP contribution in [0.15, 0.2) is 0 Å². The van der Waals surface area contributed by atoms with Crippen LogP contribution in [0.1, 0.15) is 34.6 Å². The van der Waals surface area contributed by atoms with Gasteiger partial charge in [0.2, 0.25) is 0 Å². The number of esters is 1. The smallest absolute Gasteiger partial charge is 0.302 e. The van der Waals surface area contributed by atoms with Gasteiger partial charge in [0.15, 0.2) is 0 Å². The summed E-state index contributed by atoms with van der Waals surface area (Å²) >= 11 is 2.94. The molecule has 0 aliphatic rings. The molecule has 136 valence electrons. The Hall–Kier alpha value is -0.210. The molecule has 0 aliphatic carbocycles. The number of hydrogen-bond acceptors (Lipinski definition) is 6. The topological polar surface area (TPSA) is 85.2 Å². The molecule has 2 N–H and O–H groups in total. The van der Waals surface area contributed by atoms with Crippen molar-refractivity contribution in [2.24, 2.45) is 0 Å². The molecule has 0 bridgehead atoms. The number of alkyl halides is 1. The van der Waals surface area contributed by atoms with Gasteiger partial charge in [-0.25, -0.2) is 0 Å². The lowest BCUT2D eigenvalue weighted by Crippen LogP contribution is -1.88. The minimum absolute atomic E-state index is 0.245. The van der Waals surface area contributed by atoms with E-state index < -0.39 is 0 Å². The number of ether oxygens (including phenoxy) is 3. The van der Waals surface area contributed by atoms with Gasteiger partial charge in [0.1, 0.15) is 0 Å². The van der Waals surface area contributed by atoms with Gasteiger partial charge in [0.25, 0.3) is 0 Å². The summed E-state index contributed by atoms with van der Waals surface area (Å²) in [4.78, 5) is 9.59. The van der Waals surface area contributed by atoms with E-state index in [0.717, 1.165) is 13.2 Å². The van der Waals surface area contributed by atoms with Crippen LogP contribution in [0.3, 0.4) is 0 Å². The zero-order valence-electron chi connectivity index (χ0n) is 15.2. The maximum absolute atomic E-state index is 9.59. The fourth-order valence-electron chi connectivity index (χ4n) is 0. The number of rotatable bonds is 2. The molecule has 0 aliphatic heterocycles. The summed E-state index contributed by atoms with van der Waals surface area (Å²) in [6.07, 6.45) is 0. The zero-order chi connectivity index (χ0) is 18.5. The van der Waals surface area contributed by atoms with Gasteiger partial charge in [0, 0.05) is 47.6 Å². The van der Waals surface area contributed by atoms with E-state index in [-0.39, 0.29) is 19.2 Å². The van der Waals surface area contributed by atoms with Gasteiger partial charge in [-0.2, -0.15) is 0 Å². The average molecular weight is 381 g/mol. The van der Waals surface area contributed by atoms with Crippen molar-refractivity contribution in [2.45, 2.75) is 34.6 Å². The number of carbonyl (C=O) groups is 1. The van der Waals surface area contributed by atoms with Gasteiger partial charge in [-0.15, -0.1) is 0 Å². The maximum atomic E-state index is 9.59. The number of methoxy groups -OCH3 is 3. The third kappa shape index (κ3) is 436. The number of carbonyl (C=O) groups excluding carboxylic acids is 1. The van der Waals surface area contributed by atoms with Crippen LogP contribution in [-0.4, -0.2) is 69.8 Å². The molecule has 6 nitrogen and oxygen atoms in total. The Morgan fingerprint density at radius 2 is 0.952 bits per heavy atom. The van der Waals surface area contributed by atoms with Crippen molar-refractivity contribution in [3.63, 3.8) is 0 Å². The molecule has 0 aromatic rings. The SMILES string of the molecule is CBr.CCO.CCO.CCOC.CCOC.COC(C)=O. The van der Waals surface area contributed by atoms with Crippen LogP contribution >= 0.6 is 15.9 Å². The Kier molecular flexibility index (Phi) is 129. The van der Waals surface area contributed by atoms with Crippen LogP contribution in [0.5, 0.6) is 0 Å². The molecule has 0 spiro atoms. The third-order valence-corrected chi connectivity index (χ3v) is 0.865. The summed E-state index contributed by atoms with van der Waals surface area (Å²) in [6, 6.07) is 0. The van der Waals surface area contributed by atoms with E-state index in [1.54, 1.807) is 28.1 Å². The molecule has 0 rings (SSSR count). The van der Waals surface area contributed by atoms with Crippen molar-refractivity contribution >= 4 is 21.9 Å². The molecule has 0 unspecified atom stereocenters. The number of aliphatic hydroxyl groups excluding tert-OH is 2. The number of hydrogen-bond donors (Lipinski definition) is 2. The molecule has 0 amide bonds. The van der Waals surface area contributed by atoms with Crippen molar-refractivity contribution in [1.82, 2.24) is 0 Å². The second-order valence-corrected chi connectivity index (χ2v) is 2.48. The van der Waals surface area contributed by atoms with Gasteiger partial charge in [-0.05, 0) is 33.5 Å². The van der Waals surface area contributed by atoms with E-state index in [2.05, 4.69) is 30.1 Å². The van der Waals surface area contributed by atoms with Crippen LogP contribution < -0.4 is 0 Å². The van der Waals surface area contributed by atoms with Crippen LogP contribution in [0.25, 0.3) is 0 Å². The predicted octanol–water partition coefficient (Wildman–Crippen LogP) is 2.49. The Labute approximate surface area is 139 Å².